The third-order valence-corrected chi connectivity index (χ3v) is 4.08. The maximum Gasteiger partial charge on any atom is 0.0798 e. The summed E-state index contributed by atoms with van der Waals surface area (Å²) in [6.07, 6.45) is 4.67. The van der Waals surface area contributed by atoms with E-state index in [9.17, 15) is 0 Å². The van der Waals surface area contributed by atoms with Gasteiger partial charge in [-0.1, -0.05) is 24.3 Å². The van der Waals surface area contributed by atoms with Gasteiger partial charge in [-0.15, -0.1) is 0 Å². The first-order chi connectivity index (χ1) is 9.85. The zero-order valence-corrected chi connectivity index (χ0v) is 12.2. The Labute approximate surface area is 120 Å². The fourth-order valence-corrected chi connectivity index (χ4v) is 3.00. The van der Waals surface area contributed by atoms with Gasteiger partial charge in [-0.25, -0.2) is 0 Å². The van der Waals surface area contributed by atoms with E-state index >= 15 is 0 Å². The van der Waals surface area contributed by atoms with Gasteiger partial charge in [0.25, 0.3) is 0 Å². The van der Waals surface area contributed by atoms with Gasteiger partial charge in [0.1, 0.15) is 0 Å². The molecule has 2 atom stereocenters. The number of hydrogen-bond acceptors (Lipinski definition) is 3. The van der Waals surface area contributed by atoms with Gasteiger partial charge in [0, 0.05) is 18.2 Å². The van der Waals surface area contributed by atoms with E-state index in [4.69, 9.17) is 4.74 Å². The predicted octanol–water partition coefficient (Wildman–Crippen LogP) is 3.31. The number of rotatable bonds is 6. The summed E-state index contributed by atoms with van der Waals surface area (Å²) in [5.74, 6) is 0.686. The van der Waals surface area contributed by atoms with E-state index in [1.807, 2.05) is 19.3 Å². The number of fused-ring (bicyclic) bond motifs is 1. The Morgan fingerprint density at radius 3 is 2.80 bits per heavy atom. The lowest BCUT2D eigenvalue weighted by Gasteiger charge is -2.27. The van der Waals surface area contributed by atoms with Crippen molar-refractivity contribution in [3.63, 3.8) is 0 Å². The van der Waals surface area contributed by atoms with E-state index in [1.165, 1.54) is 23.8 Å². The number of benzene rings is 1. The van der Waals surface area contributed by atoms with Crippen LogP contribution in [0.25, 0.3) is 10.9 Å². The maximum atomic E-state index is 6.03. The van der Waals surface area contributed by atoms with Gasteiger partial charge in [-0.2, -0.15) is 0 Å². The van der Waals surface area contributed by atoms with Gasteiger partial charge in [0.05, 0.1) is 17.7 Å². The average Bonchev–Trinajstić information content (AvgIpc) is 3.32. The van der Waals surface area contributed by atoms with E-state index < -0.39 is 0 Å². The molecule has 1 heterocycles. The van der Waals surface area contributed by atoms with E-state index in [0.29, 0.717) is 5.92 Å². The number of aromatic nitrogens is 1. The van der Waals surface area contributed by atoms with Gasteiger partial charge in [0.15, 0.2) is 0 Å². The molecule has 1 aromatic heterocycles. The Kier molecular flexibility index (Phi) is 3.99. The zero-order chi connectivity index (χ0) is 13.9. The van der Waals surface area contributed by atoms with Crippen LogP contribution in [0.3, 0.4) is 0 Å². The lowest BCUT2D eigenvalue weighted by molar-refractivity contribution is 0.0208. The summed E-state index contributed by atoms with van der Waals surface area (Å²) in [7, 11) is 2.01. The van der Waals surface area contributed by atoms with Crippen molar-refractivity contribution in [3.05, 3.63) is 42.1 Å². The third kappa shape index (κ3) is 2.56. The molecule has 1 aromatic carbocycles. The first-order valence-corrected chi connectivity index (χ1v) is 7.47. The molecule has 0 radical (unpaired) electrons. The summed E-state index contributed by atoms with van der Waals surface area (Å²) < 4.78 is 6.03. The van der Waals surface area contributed by atoms with Crippen LogP contribution in [0.5, 0.6) is 0 Å². The van der Waals surface area contributed by atoms with Crippen molar-refractivity contribution in [1.29, 1.82) is 0 Å². The highest BCUT2D eigenvalue weighted by Gasteiger charge is 2.38. The van der Waals surface area contributed by atoms with Crippen molar-refractivity contribution < 1.29 is 4.74 Å². The molecular formula is C17H22N2O. The topological polar surface area (TPSA) is 34.1 Å². The minimum atomic E-state index is 0.209. The Balaban J connectivity index is 2.01. The van der Waals surface area contributed by atoms with Gasteiger partial charge < -0.3 is 10.1 Å². The van der Waals surface area contributed by atoms with Gasteiger partial charge in [-0.05, 0) is 44.4 Å². The molecule has 0 bridgehead atoms. The van der Waals surface area contributed by atoms with Crippen molar-refractivity contribution in [2.24, 2.45) is 5.92 Å². The Morgan fingerprint density at radius 1 is 1.30 bits per heavy atom. The lowest BCUT2D eigenvalue weighted by atomic mass is 9.95. The summed E-state index contributed by atoms with van der Waals surface area (Å²) in [5, 5.41) is 4.64. The molecular weight excluding hydrogens is 248 g/mol. The Hall–Kier alpha value is -1.45. The molecule has 1 aliphatic carbocycles. The summed E-state index contributed by atoms with van der Waals surface area (Å²) in [6.45, 7) is 2.83. The highest BCUT2D eigenvalue weighted by molar-refractivity contribution is 5.82. The highest BCUT2D eigenvalue weighted by Crippen LogP contribution is 2.40. The first-order valence-electron chi connectivity index (χ1n) is 7.47. The summed E-state index contributed by atoms with van der Waals surface area (Å²) in [4.78, 5) is 4.58. The molecule has 2 aromatic rings. The van der Waals surface area contributed by atoms with Crippen LogP contribution < -0.4 is 5.32 Å². The van der Waals surface area contributed by atoms with Crippen molar-refractivity contribution in [3.8, 4) is 0 Å². The first kappa shape index (κ1) is 13.5. The molecule has 20 heavy (non-hydrogen) atoms. The van der Waals surface area contributed by atoms with Crippen molar-refractivity contribution in [2.75, 3.05) is 13.7 Å². The smallest absolute Gasteiger partial charge is 0.0798 e. The molecule has 3 rings (SSSR count). The minimum Gasteiger partial charge on any atom is -0.376 e. The second-order valence-corrected chi connectivity index (χ2v) is 5.45. The fraction of sp³-hybridized carbons (Fsp3) is 0.471. The molecule has 0 aliphatic heterocycles. The van der Waals surface area contributed by atoms with Crippen LogP contribution >= 0.6 is 0 Å². The van der Waals surface area contributed by atoms with Gasteiger partial charge in [-0.3, -0.25) is 4.98 Å². The lowest BCUT2D eigenvalue weighted by Crippen LogP contribution is -2.33. The molecule has 3 nitrogen and oxygen atoms in total. The highest BCUT2D eigenvalue weighted by atomic mass is 16.5. The van der Waals surface area contributed by atoms with Crippen molar-refractivity contribution in [2.45, 2.75) is 31.9 Å². The van der Waals surface area contributed by atoms with Crippen molar-refractivity contribution >= 4 is 10.9 Å². The largest absolute Gasteiger partial charge is 0.376 e. The third-order valence-electron chi connectivity index (χ3n) is 4.08. The van der Waals surface area contributed by atoms with Gasteiger partial charge in [0.2, 0.25) is 0 Å². The number of hydrogen-bond donors (Lipinski definition) is 1. The van der Waals surface area contributed by atoms with Gasteiger partial charge >= 0.3 is 0 Å². The molecule has 3 heteroatoms. The standard InChI is InChI=1S/C17H22N2O/c1-3-20-17(13-9-10-13)16(18-2)14-8-4-6-12-7-5-11-19-15(12)14/h4-8,11,13,16-18H,3,9-10H2,1-2H3. The quantitative estimate of drug-likeness (QED) is 0.874. The van der Waals surface area contributed by atoms with E-state index in [2.05, 4.69) is 41.5 Å². The van der Waals surface area contributed by atoms with Crippen LogP contribution in [0.4, 0.5) is 0 Å². The molecule has 106 valence electrons. The van der Waals surface area contributed by atoms with E-state index in [0.717, 1.165) is 12.1 Å². The Morgan fingerprint density at radius 2 is 2.10 bits per heavy atom. The molecule has 0 spiro atoms. The number of ether oxygens (including phenoxy) is 1. The van der Waals surface area contributed by atoms with Crippen molar-refractivity contribution in [1.82, 2.24) is 10.3 Å². The molecule has 1 aliphatic rings. The summed E-state index contributed by atoms with van der Waals surface area (Å²) in [6, 6.07) is 10.7. The van der Waals surface area contributed by atoms with E-state index in [-0.39, 0.29) is 12.1 Å². The molecule has 0 amide bonds. The predicted molar refractivity (Wildman–Crippen MR) is 81.7 cm³/mol. The number of likely N-dealkylation sites (N-methyl/N-ethyl adjacent to an activating group) is 1. The molecule has 1 saturated carbocycles. The fourth-order valence-electron chi connectivity index (χ4n) is 3.00. The van der Waals surface area contributed by atoms with Crippen LogP contribution in [0.15, 0.2) is 36.5 Å². The molecule has 1 fully saturated rings. The number of nitrogens with one attached hydrogen (secondary N) is 1. The maximum absolute atomic E-state index is 6.03. The van der Waals surface area contributed by atoms with E-state index in [1.54, 1.807) is 0 Å². The monoisotopic (exact) mass is 270 g/mol. The molecule has 1 N–H and O–H groups in total. The summed E-state index contributed by atoms with van der Waals surface area (Å²) in [5.41, 5.74) is 2.33. The second kappa shape index (κ2) is 5.90. The van der Waals surface area contributed by atoms with Crippen LogP contribution in [0, 0.1) is 5.92 Å². The number of nitrogens with zero attached hydrogens (tertiary/aromatic N) is 1. The van der Waals surface area contributed by atoms with Crippen LogP contribution in [-0.4, -0.2) is 24.7 Å². The zero-order valence-electron chi connectivity index (χ0n) is 12.2. The van der Waals surface area contributed by atoms with Crippen LogP contribution in [0.2, 0.25) is 0 Å². The second-order valence-electron chi connectivity index (χ2n) is 5.45. The average molecular weight is 270 g/mol. The Bertz CT molecular complexity index is 575. The number of para-hydroxylation sites is 1. The molecule has 2 unspecified atom stereocenters. The minimum absolute atomic E-state index is 0.209. The molecule has 0 saturated heterocycles. The normalized spacial score (nSPS) is 18.1. The SMILES string of the molecule is CCOC(C1CC1)C(NC)c1cccc2cccnc12. The summed E-state index contributed by atoms with van der Waals surface area (Å²) >= 11 is 0. The number of pyridine rings is 1. The van der Waals surface area contributed by atoms with Crippen LogP contribution in [-0.2, 0) is 4.74 Å². The van der Waals surface area contributed by atoms with Crippen LogP contribution in [0.1, 0.15) is 31.4 Å².